The van der Waals surface area contributed by atoms with E-state index in [-0.39, 0.29) is 17.7 Å². The monoisotopic (exact) mass is 335 g/mol. The summed E-state index contributed by atoms with van der Waals surface area (Å²) in [5.74, 6) is 0.654. The third-order valence-corrected chi connectivity index (χ3v) is 4.73. The van der Waals surface area contributed by atoms with Gasteiger partial charge in [-0.1, -0.05) is 6.92 Å². The summed E-state index contributed by atoms with van der Waals surface area (Å²) in [6.07, 6.45) is -0.930. The molecule has 1 aliphatic heterocycles. The van der Waals surface area contributed by atoms with Gasteiger partial charge in [-0.15, -0.1) is 0 Å². The number of nitrogens with one attached hydrogen (secondary N) is 1. The maximum Gasteiger partial charge on any atom is 0.435 e. The first-order valence-electron chi connectivity index (χ1n) is 7.23. The Bertz CT molecular complexity index is 518. The highest BCUT2D eigenvalue weighted by Crippen LogP contribution is 2.32. The van der Waals surface area contributed by atoms with E-state index in [1.165, 1.54) is 0 Å². The van der Waals surface area contributed by atoms with Crippen LogP contribution in [-0.2, 0) is 11.0 Å². The molecule has 2 heterocycles. The van der Waals surface area contributed by atoms with Crippen LogP contribution in [0.25, 0.3) is 0 Å². The Kier molecular flexibility index (Phi) is 5.41. The fourth-order valence-electron chi connectivity index (χ4n) is 2.76. The molecule has 0 aliphatic carbocycles. The number of aromatic nitrogens is 2. The van der Waals surface area contributed by atoms with E-state index in [0.29, 0.717) is 18.8 Å². The number of rotatable bonds is 4. The molecule has 8 heteroatoms. The SMILES string of the molecule is CSC[C@H](C)C(=O)N1CCC[C@H](c2cc(C(F)(F)F)n[nH]2)C1. The standard InChI is InChI=1S/C14H20F3N3OS/c1-9(8-22-2)13(21)20-5-3-4-10(7-20)11-6-12(19-18-11)14(15,16)17/h6,9-10H,3-5,7-8H2,1-2H3,(H,18,19)/t9-,10-/m0/s1. The first-order valence-corrected chi connectivity index (χ1v) is 8.62. The summed E-state index contributed by atoms with van der Waals surface area (Å²) in [5, 5.41) is 5.82. The van der Waals surface area contributed by atoms with E-state index in [1.54, 1.807) is 16.7 Å². The van der Waals surface area contributed by atoms with Gasteiger partial charge in [0.25, 0.3) is 0 Å². The van der Waals surface area contributed by atoms with Crippen LogP contribution in [-0.4, -0.2) is 46.1 Å². The second-order valence-electron chi connectivity index (χ2n) is 5.69. The molecule has 2 atom stereocenters. The smallest absolute Gasteiger partial charge is 0.342 e. The zero-order chi connectivity index (χ0) is 16.3. The number of likely N-dealkylation sites (tertiary alicyclic amines) is 1. The Morgan fingerprint density at radius 1 is 1.59 bits per heavy atom. The van der Waals surface area contributed by atoms with Gasteiger partial charge in [-0.2, -0.15) is 30.0 Å². The number of carbonyl (C=O) groups excluding carboxylic acids is 1. The molecule has 124 valence electrons. The molecular formula is C14H20F3N3OS. The lowest BCUT2D eigenvalue weighted by Gasteiger charge is -2.33. The molecule has 0 radical (unpaired) electrons. The van der Waals surface area contributed by atoms with Gasteiger partial charge >= 0.3 is 6.18 Å². The molecule has 22 heavy (non-hydrogen) atoms. The molecule has 1 amide bonds. The lowest BCUT2D eigenvalue weighted by Crippen LogP contribution is -2.42. The van der Waals surface area contributed by atoms with Crippen LogP contribution in [0, 0.1) is 5.92 Å². The summed E-state index contributed by atoms with van der Waals surface area (Å²) in [6.45, 7) is 3.02. The average Bonchev–Trinajstić information content (AvgIpc) is 2.97. The Balaban J connectivity index is 2.04. The lowest BCUT2D eigenvalue weighted by atomic mass is 9.94. The number of amides is 1. The van der Waals surface area contributed by atoms with Crippen molar-refractivity contribution < 1.29 is 18.0 Å². The number of thioether (sulfide) groups is 1. The van der Waals surface area contributed by atoms with Gasteiger partial charge in [-0.05, 0) is 25.2 Å². The summed E-state index contributed by atoms with van der Waals surface area (Å²) in [7, 11) is 0. The van der Waals surface area contributed by atoms with Gasteiger partial charge in [0.2, 0.25) is 5.91 Å². The quantitative estimate of drug-likeness (QED) is 0.920. The fourth-order valence-corrected chi connectivity index (χ4v) is 3.40. The number of aromatic amines is 1. The normalized spacial score (nSPS) is 21.0. The first-order chi connectivity index (χ1) is 10.3. The van der Waals surface area contributed by atoms with Crippen molar-refractivity contribution in [2.75, 3.05) is 25.1 Å². The van der Waals surface area contributed by atoms with Crippen molar-refractivity contribution in [3.05, 3.63) is 17.5 Å². The molecule has 1 aliphatic rings. The highest BCUT2D eigenvalue weighted by atomic mass is 32.2. The number of piperidine rings is 1. The molecule has 4 nitrogen and oxygen atoms in total. The molecule has 0 bridgehead atoms. The minimum Gasteiger partial charge on any atom is -0.342 e. The van der Waals surface area contributed by atoms with Crippen molar-refractivity contribution >= 4 is 17.7 Å². The number of nitrogens with zero attached hydrogens (tertiary/aromatic N) is 2. The third-order valence-electron chi connectivity index (χ3n) is 3.90. The van der Waals surface area contributed by atoms with E-state index in [1.807, 2.05) is 13.2 Å². The summed E-state index contributed by atoms with van der Waals surface area (Å²) in [5.41, 5.74) is -0.441. The predicted octanol–water partition coefficient (Wildman–Crippen LogP) is 3.13. The topological polar surface area (TPSA) is 49.0 Å². The van der Waals surface area contributed by atoms with Crippen LogP contribution in [0.5, 0.6) is 0 Å². The number of hydrogen-bond donors (Lipinski definition) is 1. The molecule has 1 saturated heterocycles. The highest BCUT2D eigenvalue weighted by Gasteiger charge is 2.35. The third kappa shape index (κ3) is 3.97. The first kappa shape index (κ1) is 17.2. The number of alkyl halides is 3. The van der Waals surface area contributed by atoms with Crippen LogP contribution < -0.4 is 0 Å². The van der Waals surface area contributed by atoms with Gasteiger partial charge < -0.3 is 4.90 Å². The number of hydrogen-bond acceptors (Lipinski definition) is 3. The van der Waals surface area contributed by atoms with E-state index in [9.17, 15) is 18.0 Å². The minimum absolute atomic E-state index is 0.0683. The van der Waals surface area contributed by atoms with Crippen molar-refractivity contribution in [1.29, 1.82) is 0 Å². The highest BCUT2D eigenvalue weighted by molar-refractivity contribution is 7.98. The fraction of sp³-hybridized carbons (Fsp3) is 0.714. The van der Waals surface area contributed by atoms with E-state index in [2.05, 4.69) is 10.2 Å². The minimum atomic E-state index is -4.44. The second kappa shape index (κ2) is 6.93. The Labute approximate surface area is 131 Å². The number of carbonyl (C=O) groups is 1. The van der Waals surface area contributed by atoms with Crippen molar-refractivity contribution in [1.82, 2.24) is 15.1 Å². The zero-order valence-corrected chi connectivity index (χ0v) is 13.4. The van der Waals surface area contributed by atoms with Gasteiger partial charge in [0.05, 0.1) is 0 Å². The molecule has 0 aromatic carbocycles. The molecule has 0 saturated carbocycles. The molecular weight excluding hydrogens is 315 g/mol. The van der Waals surface area contributed by atoms with Crippen molar-refractivity contribution in [2.24, 2.45) is 5.92 Å². The average molecular weight is 335 g/mol. The molecule has 1 N–H and O–H groups in total. The molecule has 0 unspecified atom stereocenters. The molecule has 2 rings (SSSR count). The van der Waals surface area contributed by atoms with Crippen molar-refractivity contribution in [2.45, 2.75) is 31.9 Å². The van der Waals surface area contributed by atoms with Crippen LogP contribution >= 0.6 is 11.8 Å². The maximum atomic E-state index is 12.6. The number of halogens is 3. The largest absolute Gasteiger partial charge is 0.435 e. The van der Waals surface area contributed by atoms with Gasteiger partial charge in [0, 0.05) is 36.4 Å². The second-order valence-corrected chi connectivity index (χ2v) is 6.60. The Morgan fingerprint density at radius 3 is 2.91 bits per heavy atom. The van der Waals surface area contributed by atoms with Crippen LogP contribution in [0.3, 0.4) is 0 Å². The van der Waals surface area contributed by atoms with Gasteiger partial charge in [-0.25, -0.2) is 0 Å². The van der Waals surface area contributed by atoms with Crippen LogP contribution in [0.15, 0.2) is 6.07 Å². The molecule has 1 fully saturated rings. The van der Waals surface area contributed by atoms with E-state index in [4.69, 9.17) is 0 Å². The Hall–Kier alpha value is -1.18. The Morgan fingerprint density at radius 2 is 2.32 bits per heavy atom. The summed E-state index contributed by atoms with van der Waals surface area (Å²) < 4.78 is 37.8. The summed E-state index contributed by atoms with van der Waals surface area (Å²) >= 11 is 1.62. The lowest BCUT2D eigenvalue weighted by molar-refractivity contribution is -0.141. The number of H-pyrrole nitrogens is 1. The van der Waals surface area contributed by atoms with E-state index >= 15 is 0 Å². The maximum absolute atomic E-state index is 12.6. The van der Waals surface area contributed by atoms with Gasteiger partial charge in [0.15, 0.2) is 5.69 Å². The van der Waals surface area contributed by atoms with Crippen molar-refractivity contribution in [3.63, 3.8) is 0 Å². The van der Waals surface area contributed by atoms with Gasteiger partial charge in [-0.3, -0.25) is 9.89 Å². The summed E-state index contributed by atoms with van der Waals surface area (Å²) in [6, 6.07) is 1.06. The van der Waals surface area contributed by atoms with E-state index < -0.39 is 11.9 Å². The summed E-state index contributed by atoms with van der Waals surface area (Å²) in [4.78, 5) is 14.1. The van der Waals surface area contributed by atoms with Gasteiger partial charge in [0.1, 0.15) is 0 Å². The molecule has 1 aromatic rings. The molecule has 1 aromatic heterocycles. The molecule has 0 spiro atoms. The van der Waals surface area contributed by atoms with E-state index in [0.717, 1.165) is 24.7 Å². The van der Waals surface area contributed by atoms with Crippen LogP contribution in [0.2, 0.25) is 0 Å². The predicted molar refractivity (Wildman–Crippen MR) is 79.7 cm³/mol. The zero-order valence-electron chi connectivity index (χ0n) is 12.6. The van der Waals surface area contributed by atoms with Crippen molar-refractivity contribution in [3.8, 4) is 0 Å². The van der Waals surface area contributed by atoms with Crippen LogP contribution in [0.4, 0.5) is 13.2 Å². The van der Waals surface area contributed by atoms with Crippen LogP contribution in [0.1, 0.15) is 37.1 Å².